The van der Waals surface area contributed by atoms with Gasteiger partial charge in [-0.15, -0.1) is 0 Å². The largest absolute Gasteiger partial charge is 0.497 e. The maximum absolute atomic E-state index is 12.9. The Kier molecular flexibility index (Phi) is 12.7. The molecule has 39 heavy (non-hydrogen) atoms. The molecule has 0 fully saturated rings. The molecular weight excluding hydrogens is 528 g/mol. The number of methoxy groups -OCH3 is 1. The van der Waals surface area contributed by atoms with E-state index >= 15 is 0 Å². The van der Waals surface area contributed by atoms with Crippen molar-refractivity contribution in [3.8, 4) is 34.2 Å². The molecule has 3 rings (SSSR count). The quantitative estimate of drug-likeness (QED) is 0.108. The molecule has 0 saturated heterocycles. The first-order valence-electron chi connectivity index (χ1n) is 13.1. The molecule has 2 aromatic carbocycles. The molecule has 206 valence electrons. The lowest BCUT2D eigenvalue weighted by Crippen LogP contribution is -2.28. The van der Waals surface area contributed by atoms with Gasteiger partial charge in [0.25, 0.3) is 0 Å². The molecule has 0 amide bonds. The fourth-order valence-electron chi connectivity index (χ4n) is 3.71. The lowest BCUT2D eigenvalue weighted by Gasteiger charge is -2.19. The minimum atomic E-state index is -0.352. The summed E-state index contributed by atoms with van der Waals surface area (Å²) in [7, 11) is 1.62. The highest BCUT2D eigenvalue weighted by molar-refractivity contribution is 8.00. The Morgan fingerprint density at radius 3 is 2.46 bits per heavy atom. The van der Waals surface area contributed by atoms with Crippen LogP contribution in [0, 0.1) is 11.3 Å². The van der Waals surface area contributed by atoms with Crippen LogP contribution in [0.25, 0.3) is 22.4 Å². The van der Waals surface area contributed by atoms with Crippen LogP contribution in [-0.4, -0.2) is 54.1 Å². The first-order chi connectivity index (χ1) is 18.9. The summed E-state index contributed by atoms with van der Waals surface area (Å²) in [5, 5.41) is 10.6. The lowest BCUT2D eigenvalue weighted by molar-refractivity contribution is -0.148. The smallest absolute Gasteiger partial charge is 0.316 e. The number of carbonyl (C=O) groups excluding carboxylic acids is 1. The SMILES string of the molecule is CCCCSCC(COC(C)C)OC(=O)CSc1nc(-c2ccc(OC)cc2)cc(-c2ccccc2)c1C#N. The van der Waals surface area contributed by atoms with Crippen molar-refractivity contribution in [3.63, 3.8) is 0 Å². The van der Waals surface area contributed by atoms with Crippen molar-refractivity contribution in [1.29, 1.82) is 5.26 Å². The zero-order valence-corrected chi connectivity index (χ0v) is 24.6. The second-order valence-corrected chi connectivity index (χ2v) is 11.3. The first-order valence-corrected chi connectivity index (χ1v) is 15.3. The van der Waals surface area contributed by atoms with E-state index in [2.05, 4.69) is 13.0 Å². The molecule has 0 bridgehead atoms. The molecular formula is C31H36N2O4S2. The highest BCUT2D eigenvalue weighted by Gasteiger charge is 2.20. The van der Waals surface area contributed by atoms with Crippen molar-refractivity contribution in [2.75, 3.05) is 31.0 Å². The summed E-state index contributed by atoms with van der Waals surface area (Å²) in [5.74, 6) is 2.15. The fraction of sp³-hybridized carbons (Fsp3) is 0.387. The Balaban J connectivity index is 1.83. The summed E-state index contributed by atoms with van der Waals surface area (Å²) >= 11 is 3.00. The number of thioether (sulfide) groups is 2. The molecule has 0 spiro atoms. The van der Waals surface area contributed by atoms with Crippen LogP contribution in [0.1, 0.15) is 39.2 Å². The number of nitrogens with zero attached hydrogens (tertiary/aromatic N) is 2. The van der Waals surface area contributed by atoms with Crippen LogP contribution >= 0.6 is 23.5 Å². The maximum atomic E-state index is 12.9. The van der Waals surface area contributed by atoms with Crippen LogP contribution in [0.15, 0.2) is 65.7 Å². The van der Waals surface area contributed by atoms with Gasteiger partial charge in [0, 0.05) is 16.9 Å². The number of hydrogen-bond donors (Lipinski definition) is 0. The molecule has 0 aliphatic heterocycles. The monoisotopic (exact) mass is 564 g/mol. The number of esters is 1. The van der Waals surface area contributed by atoms with E-state index in [0.29, 0.717) is 28.6 Å². The minimum absolute atomic E-state index is 0.0414. The van der Waals surface area contributed by atoms with Gasteiger partial charge < -0.3 is 14.2 Å². The molecule has 3 aromatic rings. The molecule has 1 unspecified atom stereocenters. The number of pyridine rings is 1. The fourth-order valence-corrected chi connectivity index (χ4v) is 5.59. The van der Waals surface area contributed by atoms with Crippen molar-refractivity contribution in [2.24, 2.45) is 0 Å². The van der Waals surface area contributed by atoms with Gasteiger partial charge in [0.2, 0.25) is 0 Å². The summed E-state index contributed by atoms with van der Waals surface area (Å²) in [6.07, 6.45) is 1.99. The molecule has 1 atom stereocenters. The normalized spacial score (nSPS) is 11.7. The Morgan fingerprint density at radius 2 is 1.82 bits per heavy atom. The lowest BCUT2D eigenvalue weighted by atomic mass is 9.99. The zero-order chi connectivity index (χ0) is 28.0. The Labute approximate surface area is 240 Å². The predicted molar refractivity (Wildman–Crippen MR) is 160 cm³/mol. The number of nitriles is 1. The zero-order valence-electron chi connectivity index (χ0n) is 23.0. The number of aromatic nitrogens is 1. The van der Waals surface area contributed by atoms with Crippen LogP contribution in [-0.2, 0) is 14.3 Å². The first kappa shape index (κ1) is 30.6. The van der Waals surface area contributed by atoms with Crippen molar-refractivity contribution in [3.05, 3.63) is 66.2 Å². The Morgan fingerprint density at radius 1 is 1.08 bits per heavy atom. The molecule has 1 heterocycles. The summed E-state index contributed by atoms with van der Waals surface area (Å²) in [6.45, 7) is 6.45. The van der Waals surface area contributed by atoms with Crippen molar-refractivity contribution < 1.29 is 19.0 Å². The van der Waals surface area contributed by atoms with Gasteiger partial charge in [-0.1, -0.05) is 55.4 Å². The van der Waals surface area contributed by atoms with Gasteiger partial charge in [-0.3, -0.25) is 4.79 Å². The average Bonchev–Trinajstić information content (AvgIpc) is 2.96. The third-order valence-corrected chi connectivity index (χ3v) is 7.89. The second kappa shape index (κ2) is 16.2. The summed E-state index contributed by atoms with van der Waals surface area (Å²) < 4.78 is 16.8. The van der Waals surface area contributed by atoms with Crippen molar-refractivity contribution >= 4 is 29.5 Å². The van der Waals surface area contributed by atoms with Gasteiger partial charge in [-0.2, -0.15) is 17.0 Å². The number of carbonyl (C=O) groups is 1. The van der Waals surface area contributed by atoms with Gasteiger partial charge in [-0.25, -0.2) is 4.98 Å². The van der Waals surface area contributed by atoms with Crippen LogP contribution in [0.4, 0.5) is 0 Å². The van der Waals surface area contributed by atoms with E-state index in [1.165, 1.54) is 11.8 Å². The van der Waals surface area contributed by atoms with E-state index in [-0.39, 0.29) is 23.9 Å². The van der Waals surface area contributed by atoms with E-state index in [1.54, 1.807) is 18.9 Å². The third kappa shape index (κ3) is 9.61. The second-order valence-electron chi connectivity index (χ2n) is 9.15. The van der Waals surface area contributed by atoms with E-state index < -0.39 is 0 Å². The summed E-state index contributed by atoms with van der Waals surface area (Å²) in [5.41, 5.74) is 3.71. The molecule has 0 aliphatic carbocycles. The van der Waals surface area contributed by atoms with Crippen molar-refractivity contribution in [1.82, 2.24) is 4.98 Å². The van der Waals surface area contributed by atoms with Crippen molar-refractivity contribution in [2.45, 2.75) is 50.8 Å². The number of benzene rings is 2. The van der Waals surface area contributed by atoms with Gasteiger partial charge in [0.05, 0.1) is 36.8 Å². The van der Waals surface area contributed by atoms with Gasteiger partial charge in [-0.05, 0) is 61.9 Å². The molecule has 6 nitrogen and oxygen atoms in total. The topological polar surface area (TPSA) is 81.4 Å². The number of unbranched alkanes of at least 4 members (excludes halogenated alkanes) is 1. The van der Waals surface area contributed by atoms with Gasteiger partial charge >= 0.3 is 5.97 Å². The van der Waals surface area contributed by atoms with E-state index in [0.717, 1.165) is 41.0 Å². The number of ether oxygens (including phenoxy) is 3. The molecule has 0 N–H and O–H groups in total. The van der Waals surface area contributed by atoms with E-state index in [1.807, 2.05) is 74.5 Å². The Bertz CT molecular complexity index is 1230. The summed E-state index contributed by atoms with van der Waals surface area (Å²) in [4.78, 5) is 17.7. The van der Waals surface area contributed by atoms with Crippen LogP contribution in [0.2, 0.25) is 0 Å². The highest BCUT2D eigenvalue weighted by atomic mass is 32.2. The van der Waals surface area contributed by atoms with Crippen LogP contribution in [0.5, 0.6) is 5.75 Å². The number of hydrogen-bond acceptors (Lipinski definition) is 8. The molecule has 1 aromatic heterocycles. The minimum Gasteiger partial charge on any atom is -0.497 e. The van der Waals surface area contributed by atoms with Crippen LogP contribution in [0.3, 0.4) is 0 Å². The summed E-state index contributed by atoms with van der Waals surface area (Å²) in [6, 6.07) is 21.6. The van der Waals surface area contributed by atoms with E-state index in [4.69, 9.17) is 19.2 Å². The predicted octanol–water partition coefficient (Wildman–Crippen LogP) is 7.26. The highest BCUT2D eigenvalue weighted by Crippen LogP contribution is 2.34. The Hall–Kier alpha value is -2.99. The third-order valence-electron chi connectivity index (χ3n) is 5.75. The van der Waals surface area contributed by atoms with Gasteiger partial charge in [0.1, 0.15) is 22.9 Å². The van der Waals surface area contributed by atoms with Gasteiger partial charge in [0.15, 0.2) is 0 Å². The van der Waals surface area contributed by atoms with Crippen LogP contribution < -0.4 is 4.74 Å². The standard InChI is InChI=1S/C31H36N2O4S2/c1-5-6-16-38-20-26(19-36-22(2)3)37-30(34)21-39-31-28(18-32)27(23-10-8-7-9-11-23)17-29(33-31)24-12-14-25(35-4)15-13-24/h7-15,17,22,26H,5-6,16,19-21H2,1-4H3. The average molecular weight is 565 g/mol. The maximum Gasteiger partial charge on any atom is 0.316 e. The number of rotatable bonds is 15. The molecule has 0 radical (unpaired) electrons. The molecule has 0 aliphatic rings. The molecule has 8 heteroatoms. The van der Waals surface area contributed by atoms with E-state index in [9.17, 15) is 10.1 Å². The molecule has 0 saturated carbocycles.